The predicted octanol–water partition coefficient (Wildman–Crippen LogP) is 3.99. The molecule has 3 aromatic rings. The van der Waals surface area contributed by atoms with E-state index in [4.69, 9.17) is 11.6 Å². The number of nitrogens with zero attached hydrogens (tertiary/aromatic N) is 1. The molecule has 0 saturated carbocycles. The van der Waals surface area contributed by atoms with E-state index in [1.165, 1.54) is 30.6 Å². The van der Waals surface area contributed by atoms with Gasteiger partial charge in [-0.3, -0.25) is 8.51 Å². The molecule has 0 saturated heterocycles. The van der Waals surface area contributed by atoms with Gasteiger partial charge in [0.2, 0.25) is 0 Å². The summed E-state index contributed by atoms with van der Waals surface area (Å²) in [6.45, 7) is 1.73. The number of thiophene rings is 1. The standard InChI is InChI=1S/C18H16ClNO6S3/c1-10-13-9-12(19)5-7-15(13)27-17(10)20(28(22)23)14-6-4-11(18(21)26-2)8-16(14)29(3,24)25/h4-9H,1-3H3,(H,22,23)/p-1. The van der Waals surface area contributed by atoms with Crippen molar-refractivity contribution in [1.29, 1.82) is 0 Å². The van der Waals surface area contributed by atoms with Crippen LogP contribution < -0.4 is 4.31 Å². The van der Waals surface area contributed by atoms with E-state index < -0.39 is 27.1 Å². The molecule has 0 aliphatic rings. The first kappa shape index (κ1) is 21.7. The minimum atomic E-state index is -3.87. The van der Waals surface area contributed by atoms with Crippen LogP contribution in [-0.4, -0.2) is 36.5 Å². The summed E-state index contributed by atoms with van der Waals surface area (Å²) in [6, 6.07) is 8.87. The minimum Gasteiger partial charge on any atom is -0.755 e. The van der Waals surface area contributed by atoms with Gasteiger partial charge in [0.15, 0.2) is 9.84 Å². The molecule has 2 aromatic carbocycles. The summed E-state index contributed by atoms with van der Waals surface area (Å²) in [7, 11) is -2.71. The Labute approximate surface area is 179 Å². The van der Waals surface area contributed by atoms with E-state index in [0.717, 1.165) is 26.7 Å². The molecule has 1 heterocycles. The first-order valence-corrected chi connectivity index (χ1v) is 12.2. The topological polar surface area (TPSA) is 104 Å². The van der Waals surface area contributed by atoms with Crippen molar-refractivity contribution in [2.45, 2.75) is 11.8 Å². The van der Waals surface area contributed by atoms with Crippen molar-refractivity contribution in [2.24, 2.45) is 0 Å². The van der Waals surface area contributed by atoms with Crippen molar-refractivity contribution < 1.29 is 26.7 Å². The Balaban J connectivity index is 2.30. The maximum absolute atomic E-state index is 12.4. The van der Waals surface area contributed by atoms with Gasteiger partial charge >= 0.3 is 5.97 Å². The molecule has 0 fully saturated rings. The number of esters is 1. The normalized spacial score (nSPS) is 12.7. The molecule has 1 atom stereocenters. The zero-order valence-corrected chi connectivity index (χ0v) is 18.7. The molecule has 1 aromatic heterocycles. The van der Waals surface area contributed by atoms with Crippen LogP contribution in [0, 0.1) is 6.92 Å². The second kappa shape index (κ2) is 8.04. The van der Waals surface area contributed by atoms with Crippen LogP contribution >= 0.6 is 22.9 Å². The van der Waals surface area contributed by atoms with Gasteiger partial charge < -0.3 is 9.29 Å². The van der Waals surface area contributed by atoms with E-state index in [2.05, 4.69) is 4.74 Å². The summed E-state index contributed by atoms with van der Waals surface area (Å²) in [6.07, 6.45) is 0.941. The van der Waals surface area contributed by atoms with Gasteiger partial charge in [-0.2, -0.15) is 0 Å². The number of anilines is 2. The lowest BCUT2D eigenvalue weighted by Gasteiger charge is -2.27. The molecular weight excluding hydrogens is 458 g/mol. The van der Waals surface area contributed by atoms with Gasteiger partial charge in [-0.05, 0) is 54.3 Å². The highest BCUT2D eigenvalue weighted by molar-refractivity contribution is 7.91. The van der Waals surface area contributed by atoms with Crippen molar-refractivity contribution in [3.63, 3.8) is 0 Å². The van der Waals surface area contributed by atoms with Crippen molar-refractivity contribution in [3.05, 3.63) is 52.5 Å². The predicted molar refractivity (Wildman–Crippen MR) is 114 cm³/mol. The number of hydrogen-bond donors (Lipinski definition) is 0. The number of aryl methyl sites for hydroxylation is 1. The summed E-state index contributed by atoms with van der Waals surface area (Å²) in [5, 5.41) is 1.59. The lowest BCUT2D eigenvalue weighted by Crippen LogP contribution is -2.22. The fourth-order valence-electron chi connectivity index (χ4n) is 2.86. The average molecular weight is 473 g/mol. The molecule has 3 rings (SSSR count). The molecule has 0 radical (unpaired) electrons. The number of benzene rings is 2. The van der Waals surface area contributed by atoms with Gasteiger partial charge in [0.25, 0.3) is 0 Å². The van der Waals surface area contributed by atoms with E-state index in [9.17, 15) is 22.0 Å². The number of methoxy groups -OCH3 is 1. The Morgan fingerprint density at radius 3 is 2.52 bits per heavy atom. The molecular formula is C18H15ClNO6S3-. The highest BCUT2D eigenvalue weighted by atomic mass is 35.5. The third-order valence-electron chi connectivity index (χ3n) is 4.21. The van der Waals surface area contributed by atoms with Crippen molar-refractivity contribution in [2.75, 3.05) is 17.7 Å². The Morgan fingerprint density at radius 2 is 1.93 bits per heavy atom. The molecule has 0 bridgehead atoms. The third kappa shape index (κ3) is 4.17. The van der Waals surface area contributed by atoms with Crippen LogP contribution in [0.4, 0.5) is 10.7 Å². The molecule has 0 N–H and O–H groups in total. The lowest BCUT2D eigenvalue weighted by molar-refractivity contribution is 0.0600. The highest BCUT2D eigenvalue weighted by Crippen LogP contribution is 2.43. The van der Waals surface area contributed by atoms with Gasteiger partial charge in [-0.1, -0.05) is 11.6 Å². The highest BCUT2D eigenvalue weighted by Gasteiger charge is 2.25. The largest absolute Gasteiger partial charge is 0.755 e. The molecule has 11 heteroatoms. The lowest BCUT2D eigenvalue weighted by atomic mass is 10.1. The SMILES string of the molecule is COC(=O)c1ccc(N(c2sc3ccc(Cl)cc3c2C)S(=O)[O-])c(S(C)(=O)=O)c1. The molecule has 0 aliphatic carbocycles. The fraction of sp³-hybridized carbons (Fsp3) is 0.167. The second-order valence-electron chi connectivity index (χ2n) is 6.13. The van der Waals surface area contributed by atoms with Crippen LogP contribution in [0.25, 0.3) is 10.1 Å². The van der Waals surface area contributed by atoms with Gasteiger partial charge in [-0.15, -0.1) is 11.3 Å². The molecule has 154 valence electrons. The molecule has 7 nitrogen and oxygen atoms in total. The van der Waals surface area contributed by atoms with Gasteiger partial charge in [-0.25, -0.2) is 13.2 Å². The number of hydrogen-bond acceptors (Lipinski definition) is 7. The van der Waals surface area contributed by atoms with E-state index in [1.807, 2.05) is 0 Å². The Morgan fingerprint density at radius 1 is 1.24 bits per heavy atom. The average Bonchev–Trinajstić information content (AvgIpc) is 2.96. The Hall–Kier alpha value is -1.98. The summed E-state index contributed by atoms with van der Waals surface area (Å²) in [4.78, 5) is 11.5. The second-order valence-corrected chi connectivity index (χ2v) is 10.4. The van der Waals surface area contributed by atoms with Gasteiger partial charge in [0, 0.05) is 16.0 Å². The van der Waals surface area contributed by atoms with E-state index >= 15 is 0 Å². The summed E-state index contributed by atoms with van der Waals surface area (Å²) < 4.78 is 55.4. The van der Waals surface area contributed by atoms with Crippen LogP contribution in [0.5, 0.6) is 0 Å². The fourth-order valence-corrected chi connectivity index (χ4v) is 5.96. The smallest absolute Gasteiger partial charge is 0.337 e. The van der Waals surface area contributed by atoms with Crippen molar-refractivity contribution in [3.8, 4) is 0 Å². The third-order valence-corrected chi connectivity index (χ3v) is 7.62. The molecule has 29 heavy (non-hydrogen) atoms. The minimum absolute atomic E-state index is 0.00634. The summed E-state index contributed by atoms with van der Waals surface area (Å²) in [5.74, 6) is -0.732. The monoisotopic (exact) mass is 472 g/mol. The number of sulfone groups is 1. The maximum atomic E-state index is 12.4. The number of rotatable bonds is 5. The number of halogens is 1. The van der Waals surface area contributed by atoms with Crippen LogP contribution in [-0.2, 0) is 25.8 Å². The van der Waals surface area contributed by atoms with Gasteiger partial charge in [0.05, 0.1) is 34.5 Å². The number of fused-ring (bicyclic) bond motifs is 1. The first-order chi connectivity index (χ1) is 13.5. The quantitative estimate of drug-likeness (QED) is 0.411. The van der Waals surface area contributed by atoms with E-state index in [1.54, 1.807) is 25.1 Å². The van der Waals surface area contributed by atoms with Crippen LogP contribution in [0.2, 0.25) is 5.02 Å². The molecule has 0 amide bonds. The number of carbonyl (C=O) groups excluding carboxylic acids is 1. The number of carbonyl (C=O) groups is 1. The maximum Gasteiger partial charge on any atom is 0.337 e. The Kier molecular flexibility index (Phi) is 6.02. The van der Waals surface area contributed by atoms with E-state index in [0.29, 0.717) is 15.6 Å². The zero-order chi connectivity index (χ0) is 21.5. The summed E-state index contributed by atoms with van der Waals surface area (Å²) in [5.41, 5.74) is 0.538. The van der Waals surface area contributed by atoms with E-state index in [-0.39, 0.29) is 16.1 Å². The van der Waals surface area contributed by atoms with Crippen LogP contribution in [0.3, 0.4) is 0 Å². The molecule has 0 spiro atoms. The van der Waals surface area contributed by atoms with Crippen molar-refractivity contribution in [1.82, 2.24) is 0 Å². The summed E-state index contributed by atoms with van der Waals surface area (Å²) >= 11 is 4.41. The first-order valence-electron chi connectivity index (χ1n) is 8.05. The Bertz CT molecular complexity index is 1250. The molecule has 0 aliphatic heterocycles. The van der Waals surface area contributed by atoms with Crippen molar-refractivity contribution >= 4 is 70.8 Å². The zero-order valence-electron chi connectivity index (χ0n) is 15.5. The van der Waals surface area contributed by atoms with Crippen LogP contribution in [0.15, 0.2) is 41.3 Å². The van der Waals surface area contributed by atoms with Gasteiger partial charge in [0.1, 0.15) is 5.00 Å². The molecule has 1 unspecified atom stereocenters. The van der Waals surface area contributed by atoms with Crippen LogP contribution in [0.1, 0.15) is 15.9 Å². The number of ether oxygens (including phenoxy) is 1.